The first-order valence-electron chi connectivity index (χ1n) is 7.82. The van der Waals surface area contributed by atoms with Gasteiger partial charge in [-0.15, -0.1) is 11.8 Å². The Hall–Kier alpha value is -1.69. The summed E-state index contributed by atoms with van der Waals surface area (Å²) in [5.74, 6) is 0.808. The number of carbonyl (C=O) groups excluding carboxylic acids is 2. The minimum atomic E-state index is -0.113. The molecule has 1 saturated heterocycles. The molecular weight excluding hydrogens is 312 g/mol. The zero-order valence-corrected chi connectivity index (χ0v) is 14.9. The van der Waals surface area contributed by atoms with Crippen molar-refractivity contribution < 1.29 is 14.3 Å². The Morgan fingerprint density at radius 2 is 2.09 bits per heavy atom. The third-order valence-electron chi connectivity index (χ3n) is 3.68. The molecule has 1 N–H and O–H groups in total. The minimum absolute atomic E-state index is 0.0314. The SMILES string of the molecule is COc1ccccc1[C@@H]1S[C@H](C)C(=O)N1CCC(=O)NC(C)C. The van der Waals surface area contributed by atoms with Gasteiger partial charge in [0.1, 0.15) is 11.1 Å². The fraction of sp³-hybridized carbons (Fsp3) is 0.529. The van der Waals surface area contributed by atoms with E-state index in [-0.39, 0.29) is 28.5 Å². The molecule has 1 aliphatic rings. The molecule has 5 nitrogen and oxygen atoms in total. The molecule has 1 heterocycles. The Morgan fingerprint density at radius 1 is 1.39 bits per heavy atom. The van der Waals surface area contributed by atoms with E-state index in [0.717, 1.165) is 11.3 Å². The Labute approximate surface area is 141 Å². The number of para-hydroxylation sites is 1. The highest BCUT2D eigenvalue weighted by molar-refractivity contribution is 8.01. The standard InChI is InChI=1S/C17H24N2O3S/c1-11(2)18-15(20)9-10-19-16(21)12(3)23-17(19)13-7-5-6-8-14(13)22-4/h5-8,11-12,17H,9-10H2,1-4H3,(H,18,20)/t12-,17+/m1/s1. The minimum Gasteiger partial charge on any atom is -0.496 e. The van der Waals surface area contributed by atoms with E-state index in [1.54, 1.807) is 23.8 Å². The fourth-order valence-electron chi connectivity index (χ4n) is 2.63. The molecule has 0 saturated carbocycles. The van der Waals surface area contributed by atoms with Crippen molar-refractivity contribution in [3.8, 4) is 5.75 Å². The predicted molar refractivity (Wildman–Crippen MR) is 92.4 cm³/mol. The van der Waals surface area contributed by atoms with Crippen LogP contribution in [0.2, 0.25) is 0 Å². The summed E-state index contributed by atoms with van der Waals surface area (Å²) in [6.07, 6.45) is 0.308. The average Bonchev–Trinajstić information content (AvgIpc) is 2.79. The molecule has 1 aromatic rings. The molecule has 1 aromatic carbocycles. The number of rotatable bonds is 6. The maximum Gasteiger partial charge on any atom is 0.236 e. The zero-order chi connectivity index (χ0) is 17.0. The number of hydrogen-bond acceptors (Lipinski definition) is 4. The molecule has 0 bridgehead atoms. The van der Waals surface area contributed by atoms with Gasteiger partial charge in [0.05, 0.1) is 12.4 Å². The second-order valence-electron chi connectivity index (χ2n) is 5.88. The summed E-state index contributed by atoms with van der Waals surface area (Å²) in [6.45, 7) is 6.17. The average molecular weight is 336 g/mol. The summed E-state index contributed by atoms with van der Waals surface area (Å²) < 4.78 is 5.42. The smallest absolute Gasteiger partial charge is 0.236 e. The molecular formula is C17H24N2O3S. The first-order chi connectivity index (χ1) is 10.9. The lowest BCUT2D eigenvalue weighted by molar-refractivity contribution is -0.130. The lowest BCUT2D eigenvalue weighted by Gasteiger charge is -2.25. The van der Waals surface area contributed by atoms with Crippen LogP contribution in [0.4, 0.5) is 0 Å². The normalized spacial score (nSPS) is 20.9. The second kappa shape index (κ2) is 7.73. The van der Waals surface area contributed by atoms with Gasteiger partial charge >= 0.3 is 0 Å². The number of hydrogen-bond donors (Lipinski definition) is 1. The van der Waals surface area contributed by atoms with E-state index in [1.807, 2.05) is 45.0 Å². The summed E-state index contributed by atoms with van der Waals surface area (Å²) in [5.41, 5.74) is 0.974. The van der Waals surface area contributed by atoms with Crippen LogP contribution in [0.3, 0.4) is 0 Å². The lowest BCUT2D eigenvalue weighted by atomic mass is 10.1. The van der Waals surface area contributed by atoms with Gasteiger partial charge in [0, 0.05) is 24.6 Å². The molecule has 6 heteroatoms. The van der Waals surface area contributed by atoms with E-state index in [9.17, 15) is 9.59 Å². The van der Waals surface area contributed by atoms with Crippen LogP contribution in [-0.2, 0) is 9.59 Å². The van der Waals surface area contributed by atoms with Crippen molar-refractivity contribution in [1.29, 1.82) is 0 Å². The number of benzene rings is 1. The van der Waals surface area contributed by atoms with Gasteiger partial charge in [-0.25, -0.2) is 0 Å². The maximum absolute atomic E-state index is 12.5. The van der Waals surface area contributed by atoms with Gasteiger partial charge in [-0.1, -0.05) is 18.2 Å². The van der Waals surface area contributed by atoms with Gasteiger partial charge in [0.2, 0.25) is 11.8 Å². The molecule has 0 spiro atoms. The van der Waals surface area contributed by atoms with Gasteiger partial charge < -0.3 is 15.0 Å². The van der Waals surface area contributed by atoms with Crippen LogP contribution in [-0.4, -0.2) is 41.7 Å². The van der Waals surface area contributed by atoms with Gasteiger partial charge in [0.15, 0.2) is 0 Å². The molecule has 2 atom stereocenters. The molecule has 0 aliphatic carbocycles. The van der Waals surface area contributed by atoms with Crippen molar-refractivity contribution in [2.75, 3.05) is 13.7 Å². The number of nitrogens with one attached hydrogen (secondary N) is 1. The van der Waals surface area contributed by atoms with Crippen molar-refractivity contribution >= 4 is 23.6 Å². The van der Waals surface area contributed by atoms with E-state index in [2.05, 4.69) is 5.32 Å². The first kappa shape index (κ1) is 17.7. The highest BCUT2D eigenvalue weighted by Crippen LogP contribution is 2.45. The van der Waals surface area contributed by atoms with E-state index < -0.39 is 0 Å². The first-order valence-corrected chi connectivity index (χ1v) is 8.76. The van der Waals surface area contributed by atoms with Crippen LogP contribution in [0, 0.1) is 0 Å². The third kappa shape index (κ3) is 4.19. The Balaban J connectivity index is 2.14. The number of carbonyl (C=O) groups is 2. The van der Waals surface area contributed by atoms with Crippen LogP contribution >= 0.6 is 11.8 Å². The van der Waals surface area contributed by atoms with Crippen LogP contribution in [0.15, 0.2) is 24.3 Å². The molecule has 0 unspecified atom stereocenters. The summed E-state index contributed by atoms with van der Waals surface area (Å²) in [7, 11) is 1.63. The molecule has 23 heavy (non-hydrogen) atoms. The molecule has 126 valence electrons. The second-order valence-corrected chi connectivity index (χ2v) is 7.30. The quantitative estimate of drug-likeness (QED) is 0.867. The topological polar surface area (TPSA) is 58.6 Å². The van der Waals surface area contributed by atoms with Crippen LogP contribution in [0.5, 0.6) is 5.75 Å². The van der Waals surface area contributed by atoms with Gasteiger partial charge in [0.25, 0.3) is 0 Å². The van der Waals surface area contributed by atoms with Crippen LogP contribution < -0.4 is 10.1 Å². The summed E-state index contributed by atoms with van der Waals surface area (Å²) in [6, 6.07) is 7.83. The van der Waals surface area contributed by atoms with Crippen LogP contribution in [0.1, 0.15) is 38.1 Å². The fourth-order valence-corrected chi connectivity index (χ4v) is 3.97. The molecule has 0 radical (unpaired) electrons. The molecule has 0 aromatic heterocycles. The van der Waals surface area contributed by atoms with Gasteiger partial charge in [-0.3, -0.25) is 9.59 Å². The summed E-state index contributed by atoms with van der Waals surface area (Å²) in [5, 5.41) is 2.64. The molecule has 2 amide bonds. The Kier molecular flexibility index (Phi) is 5.93. The Bertz CT molecular complexity index is 577. The van der Waals surface area contributed by atoms with E-state index in [4.69, 9.17) is 4.74 Å². The molecule has 1 aliphatic heterocycles. The number of amides is 2. The largest absolute Gasteiger partial charge is 0.496 e. The number of ether oxygens (including phenoxy) is 1. The lowest BCUT2D eigenvalue weighted by Crippen LogP contribution is -2.36. The zero-order valence-electron chi connectivity index (χ0n) is 14.0. The number of methoxy groups -OCH3 is 1. The van der Waals surface area contributed by atoms with Crippen molar-refractivity contribution in [2.24, 2.45) is 0 Å². The van der Waals surface area contributed by atoms with Crippen molar-refractivity contribution in [2.45, 2.75) is 43.9 Å². The highest BCUT2D eigenvalue weighted by Gasteiger charge is 2.39. The third-order valence-corrected chi connectivity index (χ3v) is 5.06. The maximum atomic E-state index is 12.5. The Morgan fingerprint density at radius 3 is 2.74 bits per heavy atom. The van der Waals surface area contributed by atoms with Crippen molar-refractivity contribution in [3.05, 3.63) is 29.8 Å². The highest BCUT2D eigenvalue weighted by atomic mass is 32.2. The van der Waals surface area contributed by atoms with Gasteiger partial charge in [-0.2, -0.15) is 0 Å². The molecule has 1 fully saturated rings. The van der Waals surface area contributed by atoms with Gasteiger partial charge in [-0.05, 0) is 26.8 Å². The van der Waals surface area contributed by atoms with Crippen molar-refractivity contribution in [3.63, 3.8) is 0 Å². The molecule has 2 rings (SSSR count). The monoisotopic (exact) mass is 336 g/mol. The summed E-state index contributed by atoms with van der Waals surface area (Å²) in [4.78, 5) is 26.1. The van der Waals surface area contributed by atoms with Crippen molar-refractivity contribution in [1.82, 2.24) is 10.2 Å². The number of thioether (sulfide) groups is 1. The number of nitrogens with zero attached hydrogens (tertiary/aromatic N) is 1. The predicted octanol–water partition coefficient (Wildman–Crippen LogP) is 2.57. The van der Waals surface area contributed by atoms with E-state index in [1.165, 1.54) is 0 Å². The van der Waals surface area contributed by atoms with E-state index >= 15 is 0 Å². The van der Waals surface area contributed by atoms with Crippen LogP contribution in [0.25, 0.3) is 0 Å². The van der Waals surface area contributed by atoms with E-state index in [0.29, 0.717) is 13.0 Å². The summed E-state index contributed by atoms with van der Waals surface area (Å²) >= 11 is 1.59.